The highest BCUT2D eigenvalue weighted by Crippen LogP contribution is 2.13. The van der Waals surface area contributed by atoms with Crippen molar-refractivity contribution in [2.45, 2.75) is 77.2 Å². The van der Waals surface area contributed by atoms with Crippen molar-refractivity contribution < 1.29 is 24.5 Å². The van der Waals surface area contributed by atoms with E-state index in [1.807, 2.05) is 0 Å². The molecule has 0 aliphatic carbocycles. The number of amides is 1. The second-order valence-corrected chi connectivity index (χ2v) is 6.92. The Labute approximate surface area is 176 Å². The standard InChI is InChI=1S/C20H32N4O6/c1-3-4-5-6-7-8-13-29-20(28)23-18-10-12-24(19(27)22-18)15(2)30-17(14-25)16(26)9-11-21/h10,12,15-17,25-26H,3-9,13-14H2,1-2H3,(H,22,23,27,28)/t15?,16-,17+/m0/s1. The van der Waals surface area contributed by atoms with Crippen LogP contribution in [0.1, 0.15) is 65.0 Å². The van der Waals surface area contributed by atoms with Gasteiger partial charge in [0.25, 0.3) is 0 Å². The van der Waals surface area contributed by atoms with Crippen LogP contribution >= 0.6 is 0 Å². The van der Waals surface area contributed by atoms with Crippen molar-refractivity contribution in [1.82, 2.24) is 9.55 Å². The molecule has 0 bridgehead atoms. The highest BCUT2D eigenvalue weighted by atomic mass is 16.5. The molecule has 0 aliphatic rings. The van der Waals surface area contributed by atoms with Crippen LogP contribution in [0.2, 0.25) is 0 Å². The number of hydrogen-bond donors (Lipinski definition) is 3. The maximum absolute atomic E-state index is 12.2. The SMILES string of the molecule is CCCCCCCCOC(=O)Nc1ccn(C(C)O[C@H](CO)[C@@H](O)CC#N)c(=O)n1. The second-order valence-electron chi connectivity index (χ2n) is 6.92. The van der Waals surface area contributed by atoms with Crippen LogP contribution in [0.4, 0.5) is 10.6 Å². The molecule has 0 aromatic carbocycles. The second kappa shape index (κ2) is 14.5. The quantitative estimate of drug-likeness (QED) is 0.386. The van der Waals surface area contributed by atoms with Gasteiger partial charge in [-0.3, -0.25) is 9.88 Å². The van der Waals surface area contributed by atoms with Gasteiger partial charge in [-0.1, -0.05) is 39.0 Å². The van der Waals surface area contributed by atoms with Crippen molar-refractivity contribution in [3.8, 4) is 6.07 Å². The summed E-state index contributed by atoms with van der Waals surface area (Å²) in [4.78, 5) is 27.8. The van der Waals surface area contributed by atoms with Crippen LogP contribution < -0.4 is 11.0 Å². The number of unbranched alkanes of at least 4 members (excludes halogenated alkanes) is 5. The van der Waals surface area contributed by atoms with E-state index in [-0.39, 0.29) is 12.2 Å². The molecule has 1 aromatic rings. The largest absolute Gasteiger partial charge is 0.449 e. The number of nitrogens with zero attached hydrogens (tertiary/aromatic N) is 3. The molecule has 0 saturated carbocycles. The predicted octanol–water partition coefficient (Wildman–Crippen LogP) is 2.32. The first kappa shape index (κ1) is 25.6. The van der Waals surface area contributed by atoms with E-state index in [1.165, 1.54) is 38.4 Å². The Balaban J connectivity index is 2.51. The molecule has 0 spiro atoms. The molecule has 1 amide bonds. The lowest BCUT2D eigenvalue weighted by molar-refractivity contribution is -0.116. The number of hydrogen-bond acceptors (Lipinski definition) is 8. The van der Waals surface area contributed by atoms with Gasteiger partial charge in [-0.05, 0) is 19.4 Å². The average Bonchev–Trinajstić information content (AvgIpc) is 2.71. The topological polar surface area (TPSA) is 147 Å². The number of nitrogens with one attached hydrogen (secondary N) is 1. The van der Waals surface area contributed by atoms with Gasteiger partial charge >= 0.3 is 11.8 Å². The van der Waals surface area contributed by atoms with Gasteiger partial charge in [0, 0.05) is 6.20 Å². The summed E-state index contributed by atoms with van der Waals surface area (Å²) >= 11 is 0. The smallest absolute Gasteiger partial charge is 0.412 e. The number of anilines is 1. The molecule has 0 radical (unpaired) electrons. The third-order valence-electron chi connectivity index (χ3n) is 4.46. The van der Waals surface area contributed by atoms with Gasteiger partial charge in [0.05, 0.1) is 31.8 Å². The van der Waals surface area contributed by atoms with Gasteiger partial charge in [-0.2, -0.15) is 10.2 Å². The van der Waals surface area contributed by atoms with Crippen LogP contribution in [-0.4, -0.2) is 51.3 Å². The van der Waals surface area contributed by atoms with Crippen molar-refractivity contribution in [1.29, 1.82) is 5.26 Å². The Bertz CT molecular complexity index is 733. The van der Waals surface area contributed by atoms with Crippen LogP contribution in [-0.2, 0) is 9.47 Å². The van der Waals surface area contributed by atoms with Gasteiger partial charge < -0.3 is 19.7 Å². The Morgan fingerprint density at radius 2 is 2.03 bits per heavy atom. The third kappa shape index (κ3) is 9.35. The number of nitriles is 1. The molecule has 0 saturated heterocycles. The summed E-state index contributed by atoms with van der Waals surface area (Å²) in [6, 6.07) is 3.20. The van der Waals surface area contributed by atoms with Crippen molar-refractivity contribution in [3.63, 3.8) is 0 Å². The highest BCUT2D eigenvalue weighted by molar-refractivity contribution is 5.83. The summed E-state index contributed by atoms with van der Waals surface area (Å²) in [5.74, 6) is 0.0413. The predicted molar refractivity (Wildman–Crippen MR) is 110 cm³/mol. The van der Waals surface area contributed by atoms with E-state index in [1.54, 1.807) is 6.07 Å². The molecule has 168 valence electrons. The molecule has 3 atom stereocenters. The maximum Gasteiger partial charge on any atom is 0.412 e. The first-order chi connectivity index (χ1) is 14.4. The van der Waals surface area contributed by atoms with Crippen LogP contribution in [0.15, 0.2) is 17.1 Å². The summed E-state index contributed by atoms with van der Waals surface area (Å²) < 4.78 is 11.7. The number of rotatable bonds is 14. The molecule has 10 heteroatoms. The van der Waals surface area contributed by atoms with Gasteiger partial charge in [0.1, 0.15) is 18.1 Å². The number of carbonyl (C=O) groups excluding carboxylic acids is 1. The van der Waals surface area contributed by atoms with Gasteiger partial charge in [-0.25, -0.2) is 9.59 Å². The number of aliphatic hydroxyl groups is 2. The molecule has 1 heterocycles. The Hall–Kier alpha value is -2.48. The zero-order valence-electron chi connectivity index (χ0n) is 17.6. The molecule has 3 N–H and O–H groups in total. The van der Waals surface area contributed by atoms with Crippen LogP contribution in [0.25, 0.3) is 0 Å². The summed E-state index contributed by atoms with van der Waals surface area (Å²) in [5.41, 5.74) is -0.692. The maximum atomic E-state index is 12.2. The lowest BCUT2D eigenvalue weighted by atomic mass is 10.1. The zero-order chi connectivity index (χ0) is 22.4. The van der Waals surface area contributed by atoms with Crippen LogP contribution in [0, 0.1) is 11.3 Å². The fourth-order valence-electron chi connectivity index (χ4n) is 2.75. The minimum Gasteiger partial charge on any atom is -0.449 e. The molecule has 1 rings (SSSR count). The van der Waals surface area contributed by atoms with Crippen molar-refractivity contribution in [2.24, 2.45) is 0 Å². The highest BCUT2D eigenvalue weighted by Gasteiger charge is 2.22. The normalized spacial score (nSPS) is 13.8. The molecule has 10 nitrogen and oxygen atoms in total. The summed E-state index contributed by atoms with van der Waals surface area (Å²) in [6.45, 7) is 3.47. The molecule has 1 unspecified atom stereocenters. The van der Waals surface area contributed by atoms with Gasteiger partial charge in [0.15, 0.2) is 0 Å². The average molecular weight is 424 g/mol. The molecule has 30 heavy (non-hydrogen) atoms. The van der Waals surface area contributed by atoms with E-state index in [2.05, 4.69) is 17.2 Å². The van der Waals surface area contributed by atoms with E-state index >= 15 is 0 Å². The molecular formula is C20H32N4O6. The molecule has 0 aliphatic heterocycles. The Morgan fingerprint density at radius 3 is 2.67 bits per heavy atom. The monoisotopic (exact) mass is 424 g/mol. The number of aromatic nitrogens is 2. The molecule has 1 aromatic heterocycles. The summed E-state index contributed by atoms with van der Waals surface area (Å²) in [7, 11) is 0. The summed E-state index contributed by atoms with van der Waals surface area (Å²) in [6.07, 6.45) is 3.87. The summed E-state index contributed by atoms with van der Waals surface area (Å²) in [5, 5.41) is 30.1. The van der Waals surface area contributed by atoms with Crippen molar-refractivity contribution in [3.05, 3.63) is 22.7 Å². The van der Waals surface area contributed by atoms with Crippen LogP contribution in [0.5, 0.6) is 0 Å². The first-order valence-corrected chi connectivity index (χ1v) is 10.3. The fraction of sp³-hybridized carbons (Fsp3) is 0.700. The van der Waals surface area contributed by atoms with E-state index in [0.29, 0.717) is 6.61 Å². The van der Waals surface area contributed by atoms with Crippen molar-refractivity contribution in [2.75, 3.05) is 18.5 Å². The third-order valence-corrected chi connectivity index (χ3v) is 4.46. The lowest BCUT2D eigenvalue weighted by Crippen LogP contribution is -2.37. The lowest BCUT2D eigenvalue weighted by Gasteiger charge is -2.24. The van der Waals surface area contributed by atoms with E-state index in [9.17, 15) is 19.8 Å². The Morgan fingerprint density at radius 1 is 1.33 bits per heavy atom. The molecule has 0 fully saturated rings. The number of carbonyl (C=O) groups is 1. The van der Waals surface area contributed by atoms with E-state index in [0.717, 1.165) is 23.8 Å². The van der Waals surface area contributed by atoms with Gasteiger partial charge in [0.2, 0.25) is 0 Å². The minimum absolute atomic E-state index is 0.0413. The van der Waals surface area contributed by atoms with Crippen LogP contribution in [0.3, 0.4) is 0 Å². The number of aliphatic hydroxyl groups excluding tert-OH is 2. The Kier molecular flexibility index (Phi) is 12.3. The minimum atomic E-state index is -1.19. The van der Waals surface area contributed by atoms with E-state index in [4.69, 9.17) is 14.7 Å². The van der Waals surface area contributed by atoms with Crippen molar-refractivity contribution >= 4 is 11.9 Å². The first-order valence-electron chi connectivity index (χ1n) is 10.3. The molecular weight excluding hydrogens is 392 g/mol. The van der Waals surface area contributed by atoms with E-state index < -0.39 is 36.8 Å². The fourth-order valence-corrected chi connectivity index (χ4v) is 2.75. The number of ether oxygens (including phenoxy) is 2. The zero-order valence-corrected chi connectivity index (χ0v) is 17.6. The van der Waals surface area contributed by atoms with Gasteiger partial charge in [-0.15, -0.1) is 0 Å².